The molecule has 25 heavy (non-hydrogen) atoms. The van der Waals surface area contributed by atoms with Gasteiger partial charge in [-0.25, -0.2) is 9.82 Å². The Hall–Kier alpha value is -2.41. The summed E-state index contributed by atoms with van der Waals surface area (Å²) < 4.78 is 24.4. The summed E-state index contributed by atoms with van der Waals surface area (Å²) in [4.78, 5) is 11.8. The van der Waals surface area contributed by atoms with Crippen LogP contribution < -0.4 is 14.9 Å². The molecule has 0 aliphatic carbocycles. The molecule has 132 valence electrons. The van der Waals surface area contributed by atoms with Gasteiger partial charge in [-0.3, -0.25) is 4.79 Å². The van der Waals surface area contributed by atoms with E-state index in [2.05, 4.69) is 26.5 Å². The number of benzene rings is 2. The summed E-state index contributed by atoms with van der Waals surface area (Å²) in [6.07, 6.45) is 1.62. The number of nitrogens with zero attached hydrogens (tertiary/aromatic N) is 1. The van der Waals surface area contributed by atoms with E-state index in [0.29, 0.717) is 23.7 Å². The summed E-state index contributed by atoms with van der Waals surface area (Å²) in [5.41, 5.74) is 3.88. The lowest BCUT2D eigenvalue weighted by atomic mass is 10.1. The van der Waals surface area contributed by atoms with E-state index in [1.807, 2.05) is 13.0 Å². The number of ether oxygens (including phenoxy) is 2. The van der Waals surface area contributed by atoms with E-state index in [1.54, 1.807) is 25.3 Å². The number of methoxy groups -OCH3 is 1. The molecule has 0 spiro atoms. The summed E-state index contributed by atoms with van der Waals surface area (Å²) in [7, 11) is 1.55. The monoisotopic (exact) mass is 408 g/mol. The van der Waals surface area contributed by atoms with Crippen LogP contribution in [0.1, 0.15) is 18.1 Å². The fourth-order valence-corrected chi connectivity index (χ4v) is 2.68. The first-order chi connectivity index (χ1) is 12.0. The maximum absolute atomic E-state index is 12.8. The molecule has 0 saturated carbocycles. The quantitative estimate of drug-likeness (QED) is 0.561. The smallest absolute Gasteiger partial charge is 0.244 e. The second-order valence-corrected chi connectivity index (χ2v) is 5.92. The van der Waals surface area contributed by atoms with Crippen molar-refractivity contribution in [1.82, 2.24) is 5.43 Å². The number of hydrogen-bond acceptors (Lipinski definition) is 4. The Balaban J connectivity index is 2.00. The number of nitrogens with one attached hydrogen (secondary N) is 1. The standard InChI is InChI=1S/C18H18BrFN2O3/c1-3-25-18-15(19)8-13(9-16(18)24-2)11-21-22-17(23)10-12-4-6-14(20)7-5-12/h4-9,11H,3,10H2,1-2H3,(H,22,23)/b21-11+. The number of carbonyl (C=O) groups excluding carboxylic acids is 1. The van der Waals surface area contributed by atoms with E-state index < -0.39 is 0 Å². The predicted molar refractivity (Wildman–Crippen MR) is 97.7 cm³/mol. The van der Waals surface area contributed by atoms with Crippen LogP contribution in [0.3, 0.4) is 0 Å². The molecule has 0 heterocycles. The molecule has 0 bridgehead atoms. The maximum Gasteiger partial charge on any atom is 0.244 e. The minimum Gasteiger partial charge on any atom is -0.493 e. The van der Waals surface area contributed by atoms with Crippen LogP contribution in [0.5, 0.6) is 11.5 Å². The Morgan fingerprint density at radius 1 is 1.32 bits per heavy atom. The van der Waals surface area contributed by atoms with Crippen molar-refractivity contribution in [2.24, 2.45) is 5.10 Å². The Labute approximate surface area is 154 Å². The molecule has 0 unspecified atom stereocenters. The van der Waals surface area contributed by atoms with Gasteiger partial charge in [-0.05, 0) is 58.2 Å². The number of hydrazone groups is 1. The van der Waals surface area contributed by atoms with Crippen molar-refractivity contribution in [3.8, 4) is 11.5 Å². The third kappa shape index (κ3) is 5.56. The molecule has 5 nitrogen and oxygen atoms in total. The molecule has 2 aromatic carbocycles. The Bertz CT molecular complexity index is 764. The van der Waals surface area contributed by atoms with Crippen LogP contribution in [-0.2, 0) is 11.2 Å². The molecule has 7 heteroatoms. The van der Waals surface area contributed by atoms with Crippen LogP contribution in [0.4, 0.5) is 4.39 Å². The number of amides is 1. The average molecular weight is 409 g/mol. The molecule has 0 saturated heterocycles. The molecule has 0 aromatic heterocycles. The molecular weight excluding hydrogens is 391 g/mol. The summed E-state index contributed by atoms with van der Waals surface area (Å²) in [6, 6.07) is 9.32. The lowest BCUT2D eigenvalue weighted by Crippen LogP contribution is -2.19. The third-order valence-corrected chi connectivity index (χ3v) is 3.81. The Kier molecular flexibility index (Phi) is 6.94. The van der Waals surface area contributed by atoms with E-state index >= 15 is 0 Å². The van der Waals surface area contributed by atoms with E-state index in [4.69, 9.17) is 9.47 Å². The molecule has 0 fully saturated rings. The molecule has 2 rings (SSSR count). The third-order valence-electron chi connectivity index (χ3n) is 3.22. The van der Waals surface area contributed by atoms with Crippen LogP contribution in [0.2, 0.25) is 0 Å². The van der Waals surface area contributed by atoms with Gasteiger partial charge in [0.05, 0.1) is 30.8 Å². The van der Waals surface area contributed by atoms with Crippen molar-refractivity contribution < 1.29 is 18.7 Å². The van der Waals surface area contributed by atoms with E-state index in [1.165, 1.54) is 18.3 Å². The molecule has 1 amide bonds. The van der Waals surface area contributed by atoms with Crippen LogP contribution in [-0.4, -0.2) is 25.8 Å². The summed E-state index contributed by atoms with van der Waals surface area (Å²) in [5, 5.41) is 3.93. The van der Waals surface area contributed by atoms with Crippen LogP contribution >= 0.6 is 15.9 Å². The zero-order chi connectivity index (χ0) is 18.2. The zero-order valence-electron chi connectivity index (χ0n) is 13.9. The number of hydrogen-bond donors (Lipinski definition) is 1. The second kappa shape index (κ2) is 9.17. The minimum atomic E-state index is -0.336. The normalized spacial score (nSPS) is 10.7. The van der Waals surface area contributed by atoms with E-state index in [-0.39, 0.29) is 18.1 Å². The highest BCUT2D eigenvalue weighted by atomic mass is 79.9. The van der Waals surface area contributed by atoms with Crippen LogP contribution in [0, 0.1) is 5.82 Å². The summed E-state index contributed by atoms with van der Waals surface area (Å²) in [5.74, 6) is 0.551. The van der Waals surface area contributed by atoms with Crippen molar-refractivity contribution in [3.63, 3.8) is 0 Å². The van der Waals surface area contributed by atoms with Gasteiger partial charge in [-0.1, -0.05) is 12.1 Å². The highest BCUT2D eigenvalue weighted by Crippen LogP contribution is 2.36. The van der Waals surface area contributed by atoms with Gasteiger partial charge < -0.3 is 9.47 Å². The summed E-state index contributed by atoms with van der Waals surface area (Å²) >= 11 is 3.43. The fourth-order valence-electron chi connectivity index (χ4n) is 2.10. The first-order valence-electron chi connectivity index (χ1n) is 7.60. The Morgan fingerprint density at radius 3 is 2.68 bits per heavy atom. The predicted octanol–water partition coefficient (Wildman–Crippen LogP) is 3.69. The number of rotatable bonds is 7. The first-order valence-corrected chi connectivity index (χ1v) is 8.39. The highest BCUT2D eigenvalue weighted by Gasteiger charge is 2.10. The van der Waals surface area contributed by atoms with E-state index in [9.17, 15) is 9.18 Å². The van der Waals surface area contributed by atoms with Crippen molar-refractivity contribution in [2.75, 3.05) is 13.7 Å². The molecule has 2 aromatic rings. The van der Waals surface area contributed by atoms with Gasteiger partial charge in [-0.2, -0.15) is 5.10 Å². The molecule has 0 aliphatic rings. The highest BCUT2D eigenvalue weighted by molar-refractivity contribution is 9.10. The fraction of sp³-hybridized carbons (Fsp3) is 0.222. The lowest BCUT2D eigenvalue weighted by molar-refractivity contribution is -0.120. The zero-order valence-corrected chi connectivity index (χ0v) is 15.5. The van der Waals surface area contributed by atoms with Crippen LogP contribution in [0.15, 0.2) is 46.0 Å². The molecule has 0 atom stereocenters. The second-order valence-electron chi connectivity index (χ2n) is 5.06. The van der Waals surface area contributed by atoms with Gasteiger partial charge in [0.1, 0.15) is 5.82 Å². The van der Waals surface area contributed by atoms with E-state index in [0.717, 1.165) is 10.0 Å². The van der Waals surface area contributed by atoms with Gasteiger partial charge >= 0.3 is 0 Å². The Morgan fingerprint density at radius 2 is 2.04 bits per heavy atom. The van der Waals surface area contributed by atoms with Crippen LogP contribution in [0.25, 0.3) is 0 Å². The molecule has 0 aliphatic heterocycles. The van der Waals surface area contributed by atoms with Crippen molar-refractivity contribution in [1.29, 1.82) is 0 Å². The maximum atomic E-state index is 12.8. The van der Waals surface area contributed by atoms with Gasteiger partial charge in [0.15, 0.2) is 11.5 Å². The lowest BCUT2D eigenvalue weighted by Gasteiger charge is -2.11. The molecule has 1 N–H and O–H groups in total. The summed E-state index contributed by atoms with van der Waals surface area (Å²) in [6.45, 7) is 2.40. The van der Waals surface area contributed by atoms with Crippen molar-refractivity contribution >= 4 is 28.1 Å². The minimum absolute atomic E-state index is 0.119. The van der Waals surface area contributed by atoms with Gasteiger partial charge in [0, 0.05) is 0 Å². The molecular formula is C18H18BrFN2O3. The SMILES string of the molecule is CCOc1c(Br)cc(/C=N/NC(=O)Cc2ccc(F)cc2)cc1OC. The van der Waals surface area contributed by atoms with Crippen molar-refractivity contribution in [3.05, 3.63) is 57.8 Å². The van der Waals surface area contributed by atoms with Gasteiger partial charge in [0.25, 0.3) is 0 Å². The molecule has 0 radical (unpaired) electrons. The topological polar surface area (TPSA) is 59.9 Å². The first kappa shape index (κ1) is 18.9. The van der Waals surface area contributed by atoms with Crippen molar-refractivity contribution in [2.45, 2.75) is 13.3 Å². The average Bonchev–Trinajstić information content (AvgIpc) is 2.59. The van der Waals surface area contributed by atoms with Gasteiger partial charge in [0.2, 0.25) is 5.91 Å². The number of halogens is 2. The number of carbonyl (C=O) groups is 1. The largest absolute Gasteiger partial charge is 0.493 e. The van der Waals surface area contributed by atoms with Gasteiger partial charge in [-0.15, -0.1) is 0 Å².